The Hall–Kier alpha value is -1.50. The van der Waals surface area contributed by atoms with Crippen molar-refractivity contribution in [3.8, 4) is 5.75 Å². The van der Waals surface area contributed by atoms with Gasteiger partial charge in [-0.2, -0.15) is 0 Å². The molecule has 0 radical (unpaired) electrons. The summed E-state index contributed by atoms with van der Waals surface area (Å²) >= 11 is 6.07. The van der Waals surface area contributed by atoms with E-state index in [2.05, 4.69) is 29.0 Å². The lowest BCUT2D eigenvalue weighted by Crippen LogP contribution is -2.39. The summed E-state index contributed by atoms with van der Waals surface area (Å²) in [6, 6.07) is 3.17. The van der Waals surface area contributed by atoms with Crippen LogP contribution in [0.25, 0.3) is 0 Å². The smallest absolute Gasteiger partial charge is 0.255 e. The summed E-state index contributed by atoms with van der Waals surface area (Å²) in [5, 5.41) is 3.41. The molecule has 1 heterocycles. The largest absolute Gasteiger partial charge is 0.496 e. The molecule has 30 heavy (non-hydrogen) atoms. The van der Waals surface area contributed by atoms with Crippen molar-refractivity contribution in [3.05, 3.63) is 22.7 Å². The number of rotatable bonds is 12. The molecule has 0 bridgehead atoms. The third kappa shape index (κ3) is 7.64. The number of benzene rings is 1. The van der Waals surface area contributed by atoms with Gasteiger partial charge >= 0.3 is 0 Å². The number of hydrogen-bond acceptors (Lipinski definition) is 5. The third-order valence-corrected chi connectivity index (χ3v) is 6.49. The Morgan fingerprint density at radius 1 is 1.23 bits per heavy atom. The van der Waals surface area contributed by atoms with Gasteiger partial charge in [-0.05, 0) is 76.9 Å². The fourth-order valence-corrected chi connectivity index (χ4v) is 4.21. The molecule has 6 nitrogen and oxygen atoms in total. The molecule has 0 unspecified atom stereocenters. The van der Waals surface area contributed by atoms with E-state index in [-0.39, 0.29) is 5.91 Å². The van der Waals surface area contributed by atoms with Crippen LogP contribution in [0.15, 0.2) is 12.1 Å². The number of hydrogen-bond donors (Lipinski definition) is 2. The van der Waals surface area contributed by atoms with Crippen LogP contribution >= 0.6 is 11.6 Å². The Labute approximate surface area is 187 Å². The minimum Gasteiger partial charge on any atom is -0.496 e. The molecule has 1 saturated heterocycles. The molecular formula is C23H39ClN4O2. The van der Waals surface area contributed by atoms with Crippen LogP contribution in [0.3, 0.4) is 0 Å². The molecule has 2 rings (SSSR count). The second-order valence-corrected chi connectivity index (χ2v) is 8.56. The first-order valence-electron chi connectivity index (χ1n) is 11.3. The normalized spacial score (nSPS) is 15.5. The van der Waals surface area contributed by atoms with Crippen molar-refractivity contribution < 1.29 is 9.53 Å². The Morgan fingerprint density at radius 2 is 1.93 bits per heavy atom. The number of carbonyl (C=O) groups is 1. The van der Waals surface area contributed by atoms with Crippen molar-refractivity contribution in [1.29, 1.82) is 0 Å². The highest BCUT2D eigenvalue weighted by Crippen LogP contribution is 2.29. The van der Waals surface area contributed by atoms with Gasteiger partial charge in [0.25, 0.3) is 5.91 Å². The van der Waals surface area contributed by atoms with Gasteiger partial charge in [-0.25, -0.2) is 0 Å². The zero-order valence-corrected chi connectivity index (χ0v) is 19.6. The second-order valence-electron chi connectivity index (χ2n) is 8.16. The number of ether oxygens (including phenoxy) is 1. The monoisotopic (exact) mass is 438 g/mol. The number of amides is 1. The van der Waals surface area contributed by atoms with Crippen LogP contribution in [0.2, 0.25) is 5.02 Å². The maximum absolute atomic E-state index is 12.6. The molecule has 0 aromatic heterocycles. The number of likely N-dealkylation sites (tertiary alicyclic amines) is 1. The first-order valence-corrected chi connectivity index (χ1v) is 11.7. The molecule has 0 atom stereocenters. The Balaban J connectivity index is 1.66. The number of carbonyl (C=O) groups excluding carboxylic acids is 1. The first-order chi connectivity index (χ1) is 14.5. The number of piperidine rings is 1. The highest BCUT2D eigenvalue weighted by Gasteiger charge is 2.21. The summed E-state index contributed by atoms with van der Waals surface area (Å²) in [4.78, 5) is 17.6. The fourth-order valence-electron chi connectivity index (χ4n) is 4.05. The molecule has 7 heteroatoms. The average Bonchev–Trinajstić information content (AvgIpc) is 2.77. The minimum atomic E-state index is -0.163. The molecule has 1 fully saturated rings. The van der Waals surface area contributed by atoms with Crippen molar-refractivity contribution in [2.45, 2.75) is 46.0 Å². The first kappa shape index (κ1) is 24.8. The van der Waals surface area contributed by atoms with Gasteiger partial charge < -0.3 is 25.6 Å². The minimum absolute atomic E-state index is 0.163. The van der Waals surface area contributed by atoms with Gasteiger partial charge in [0.15, 0.2) is 0 Å². The number of halogens is 1. The Bertz CT molecular complexity index is 659. The van der Waals surface area contributed by atoms with Gasteiger partial charge in [-0.1, -0.05) is 31.9 Å². The molecule has 3 N–H and O–H groups in total. The topological polar surface area (TPSA) is 70.8 Å². The van der Waals surface area contributed by atoms with E-state index in [0.29, 0.717) is 34.5 Å². The third-order valence-electron chi connectivity index (χ3n) is 6.16. The molecule has 0 spiro atoms. The average molecular weight is 439 g/mol. The van der Waals surface area contributed by atoms with E-state index in [9.17, 15) is 4.79 Å². The molecule has 1 amide bonds. The van der Waals surface area contributed by atoms with Crippen LogP contribution in [0.1, 0.15) is 56.3 Å². The predicted octanol–water partition coefficient (Wildman–Crippen LogP) is 3.88. The van der Waals surface area contributed by atoms with Crippen molar-refractivity contribution in [1.82, 2.24) is 15.1 Å². The predicted molar refractivity (Wildman–Crippen MR) is 126 cm³/mol. The van der Waals surface area contributed by atoms with Crippen LogP contribution in [0.5, 0.6) is 5.75 Å². The second kappa shape index (κ2) is 13.0. The van der Waals surface area contributed by atoms with E-state index in [1.807, 2.05) is 0 Å². The lowest BCUT2D eigenvalue weighted by Gasteiger charge is -2.32. The molecule has 1 aliphatic rings. The lowest BCUT2D eigenvalue weighted by molar-refractivity contribution is 0.0933. The highest BCUT2D eigenvalue weighted by atomic mass is 35.5. The Morgan fingerprint density at radius 3 is 2.57 bits per heavy atom. The Kier molecular flexibility index (Phi) is 10.8. The number of unbranched alkanes of at least 4 members (excludes halogenated alkanes) is 2. The van der Waals surface area contributed by atoms with Gasteiger partial charge in [0.1, 0.15) is 5.75 Å². The van der Waals surface area contributed by atoms with Crippen LogP contribution in [0, 0.1) is 5.92 Å². The summed E-state index contributed by atoms with van der Waals surface area (Å²) in [7, 11) is 1.53. The number of nitrogens with two attached hydrogens (primary N) is 1. The van der Waals surface area contributed by atoms with E-state index in [1.54, 1.807) is 12.1 Å². The van der Waals surface area contributed by atoms with Gasteiger partial charge in [0.2, 0.25) is 0 Å². The number of anilines is 1. The summed E-state index contributed by atoms with van der Waals surface area (Å²) in [6.45, 7) is 12.1. The lowest BCUT2D eigenvalue weighted by atomic mass is 9.96. The summed E-state index contributed by atoms with van der Waals surface area (Å²) in [5.74, 6) is 0.803. The highest BCUT2D eigenvalue weighted by molar-refractivity contribution is 6.33. The van der Waals surface area contributed by atoms with E-state index in [4.69, 9.17) is 22.1 Å². The van der Waals surface area contributed by atoms with E-state index in [0.717, 1.165) is 39.0 Å². The van der Waals surface area contributed by atoms with Crippen molar-refractivity contribution in [2.75, 3.05) is 58.7 Å². The molecule has 1 aromatic rings. The molecule has 0 aliphatic carbocycles. The summed E-state index contributed by atoms with van der Waals surface area (Å²) in [6.07, 6.45) is 6.13. The van der Waals surface area contributed by atoms with Crippen LogP contribution in [-0.4, -0.2) is 68.6 Å². The zero-order valence-electron chi connectivity index (χ0n) is 18.9. The molecule has 1 aliphatic heterocycles. The van der Waals surface area contributed by atoms with Crippen molar-refractivity contribution in [3.63, 3.8) is 0 Å². The van der Waals surface area contributed by atoms with Crippen LogP contribution in [-0.2, 0) is 0 Å². The quantitative estimate of drug-likeness (QED) is 0.382. The van der Waals surface area contributed by atoms with Gasteiger partial charge in [0.05, 0.1) is 23.4 Å². The maximum atomic E-state index is 12.6. The van der Waals surface area contributed by atoms with Crippen molar-refractivity contribution >= 4 is 23.2 Å². The van der Waals surface area contributed by atoms with Crippen LogP contribution in [0.4, 0.5) is 5.69 Å². The van der Waals surface area contributed by atoms with Crippen molar-refractivity contribution in [2.24, 2.45) is 5.92 Å². The van der Waals surface area contributed by atoms with E-state index in [1.165, 1.54) is 39.5 Å². The van der Waals surface area contributed by atoms with E-state index < -0.39 is 0 Å². The van der Waals surface area contributed by atoms with Gasteiger partial charge in [0, 0.05) is 12.6 Å². The van der Waals surface area contributed by atoms with Gasteiger partial charge in [-0.3, -0.25) is 4.79 Å². The number of nitrogen functional groups attached to an aromatic ring is 1. The zero-order chi connectivity index (χ0) is 21.9. The number of nitrogens with zero attached hydrogens (tertiary/aromatic N) is 2. The SMILES string of the molecule is CCN(CC)CCCCCN1CCC(CNC(=O)c2cc(Cl)c(N)cc2OC)CC1. The number of nitrogens with one attached hydrogen (secondary N) is 1. The summed E-state index contributed by atoms with van der Waals surface area (Å²) in [5.41, 5.74) is 6.63. The van der Waals surface area contributed by atoms with Gasteiger partial charge in [-0.15, -0.1) is 0 Å². The fraction of sp³-hybridized carbons (Fsp3) is 0.696. The molecule has 0 saturated carbocycles. The molecule has 170 valence electrons. The van der Waals surface area contributed by atoms with Crippen LogP contribution < -0.4 is 15.8 Å². The molecule has 1 aromatic carbocycles. The molecular weight excluding hydrogens is 400 g/mol. The van der Waals surface area contributed by atoms with E-state index >= 15 is 0 Å². The number of methoxy groups -OCH3 is 1. The summed E-state index contributed by atoms with van der Waals surface area (Å²) < 4.78 is 5.28. The maximum Gasteiger partial charge on any atom is 0.255 e. The standard InChI is InChI=1S/C23H39ClN4O2/c1-4-27(5-2)11-7-6-8-12-28-13-9-18(10-14-28)17-26-23(29)19-15-20(24)21(25)16-22(19)30-3/h15-16,18H,4-14,17,25H2,1-3H3,(H,26,29).